The van der Waals surface area contributed by atoms with E-state index in [-0.39, 0.29) is 6.54 Å². The predicted molar refractivity (Wildman–Crippen MR) is 95.1 cm³/mol. The van der Waals surface area contributed by atoms with Crippen molar-refractivity contribution in [3.63, 3.8) is 0 Å². The Balaban J connectivity index is 1.59. The van der Waals surface area contributed by atoms with Crippen LogP contribution in [0.25, 0.3) is 11.0 Å². The second kappa shape index (κ2) is 7.36. The van der Waals surface area contributed by atoms with Crippen molar-refractivity contribution in [2.45, 2.75) is 26.2 Å². The number of guanidine groups is 1. The maximum absolute atomic E-state index is 12.6. The molecule has 0 unspecified atom stereocenters. The maximum Gasteiger partial charge on any atom is 0.434 e. The van der Waals surface area contributed by atoms with Gasteiger partial charge in [-0.15, -0.1) is 11.3 Å². The van der Waals surface area contributed by atoms with Crippen LogP contribution in [0.5, 0.6) is 0 Å². The Bertz CT molecular complexity index is 930. The van der Waals surface area contributed by atoms with E-state index < -0.39 is 11.9 Å². The number of aryl methyl sites for hydroxylation is 1. The molecule has 0 spiro atoms. The summed E-state index contributed by atoms with van der Waals surface area (Å²) in [5, 5.41) is 8.44. The lowest BCUT2D eigenvalue weighted by atomic mass is 10.1. The van der Waals surface area contributed by atoms with Crippen LogP contribution in [0.15, 0.2) is 39.1 Å². The first-order chi connectivity index (χ1) is 12.4. The molecule has 138 valence electrons. The second-order valence-corrected chi connectivity index (χ2v) is 6.49. The number of fused-ring (bicyclic) bond motifs is 1. The van der Waals surface area contributed by atoms with Gasteiger partial charge in [-0.05, 0) is 13.0 Å². The van der Waals surface area contributed by atoms with Crippen LogP contribution in [0.2, 0.25) is 0 Å². The number of furan rings is 1. The van der Waals surface area contributed by atoms with Crippen molar-refractivity contribution in [1.29, 1.82) is 0 Å². The molecule has 0 aliphatic heterocycles. The summed E-state index contributed by atoms with van der Waals surface area (Å²) in [5.41, 5.74) is 0.977. The molecule has 1 aromatic carbocycles. The monoisotopic (exact) mass is 382 g/mol. The molecule has 0 aliphatic rings. The first kappa shape index (κ1) is 18.2. The normalized spacial score (nSPS) is 12.6. The first-order valence-electron chi connectivity index (χ1n) is 7.81. The number of aromatic nitrogens is 1. The predicted octanol–water partition coefficient (Wildman–Crippen LogP) is 4.08. The van der Waals surface area contributed by atoms with E-state index in [1.807, 2.05) is 31.2 Å². The Labute approximate surface area is 152 Å². The van der Waals surface area contributed by atoms with Gasteiger partial charge in [0.2, 0.25) is 0 Å². The number of hydrogen-bond donors (Lipinski definition) is 2. The Morgan fingerprint density at radius 3 is 2.62 bits per heavy atom. The van der Waals surface area contributed by atoms with Gasteiger partial charge in [0.15, 0.2) is 11.7 Å². The van der Waals surface area contributed by atoms with E-state index in [1.165, 1.54) is 0 Å². The fourth-order valence-corrected chi connectivity index (χ4v) is 3.20. The number of benzene rings is 1. The van der Waals surface area contributed by atoms with E-state index in [4.69, 9.17) is 4.42 Å². The fraction of sp³-hybridized carbons (Fsp3) is 0.294. The lowest BCUT2D eigenvalue weighted by molar-refractivity contribution is -0.140. The molecule has 26 heavy (non-hydrogen) atoms. The summed E-state index contributed by atoms with van der Waals surface area (Å²) in [6.45, 7) is 2.54. The summed E-state index contributed by atoms with van der Waals surface area (Å²) in [7, 11) is 1.59. The largest absolute Gasteiger partial charge is 0.459 e. The quantitative estimate of drug-likeness (QED) is 0.527. The topological polar surface area (TPSA) is 62.5 Å². The second-order valence-electron chi connectivity index (χ2n) is 5.55. The molecule has 0 bridgehead atoms. The van der Waals surface area contributed by atoms with E-state index in [0.29, 0.717) is 17.5 Å². The number of hydrogen-bond acceptors (Lipinski definition) is 4. The number of aliphatic imine (C=N–C) groups is 1. The average Bonchev–Trinajstić information content (AvgIpc) is 3.21. The summed E-state index contributed by atoms with van der Waals surface area (Å²) in [5.74, 6) is 1.23. The molecule has 0 atom stereocenters. The van der Waals surface area contributed by atoms with Gasteiger partial charge in [0.05, 0.1) is 13.1 Å². The van der Waals surface area contributed by atoms with Crippen molar-refractivity contribution in [1.82, 2.24) is 15.6 Å². The number of nitrogens with zero attached hydrogens (tertiary/aromatic N) is 2. The van der Waals surface area contributed by atoms with Crippen molar-refractivity contribution in [2.24, 2.45) is 4.99 Å². The van der Waals surface area contributed by atoms with Crippen LogP contribution in [0.4, 0.5) is 13.2 Å². The molecule has 0 aliphatic carbocycles. The number of para-hydroxylation sites is 1. The number of rotatable bonds is 4. The lowest BCUT2D eigenvalue weighted by Crippen LogP contribution is -2.36. The van der Waals surface area contributed by atoms with Crippen molar-refractivity contribution in [3.8, 4) is 0 Å². The smallest absolute Gasteiger partial charge is 0.434 e. The molecular formula is C17H17F3N4OS. The highest BCUT2D eigenvalue weighted by Gasteiger charge is 2.33. The molecule has 2 heterocycles. The van der Waals surface area contributed by atoms with Crippen LogP contribution < -0.4 is 10.6 Å². The molecule has 0 fully saturated rings. The van der Waals surface area contributed by atoms with Gasteiger partial charge in [0.25, 0.3) is 0 Å². The van der Waals surface area contributed by atoms with E-state index in [2.05, 4.69) is 20.6 Å². The summed E-state index contributed by atoms with van der Waals surface area (Å²) >= 11 is 0.954. The number of halogens is 3. The molecule has 5 nitrogen and oxygen atoms in total. The highest BCUT2D eigenvalue weighted by atomic mass is 32.1. The van der Waals surface area contributed by atoms with Crippen LogP contribution in [0.1, 0.15) is 22.0 Å². The van der Waals surface area contributed by atoms with Crippen LogP contribution in [0, 0.1) is 6.92 Å². The van der Waals surface area contributed by atoms with Crippen LogP contribution in [-0.2, 0) is 19.3 Å². The molecule has 3 rings (SSSR count). The fourth-order valence-electron chi connectivity index (χ4n) is 2.46. The van der Waals surface area contributed by atoms with Gasteiger partial charge in [-0.25, -0.2) is 4.98 Å². The summed E-state index contributed by atoms with van der Waals surface area (Å²) < 4.78 is 43.5. The van der Waals surface area contributed by atoms with Gasteiger partial charge < -0.3 is 15.1 Å². The summed E-state index contributed by atoms with van der Waals surface area (Å²) in [6, 6.07) is 7.75. The van der Waals surface area contributed by atoms with Crippen LogP contribution in [-0.4, -0.2) is 18.0 Å². The Hall–Kier alpha value is -2.55. The zero-order valence-corrected chi connectivity index (χ0v) is 15.0. The molecule has 0 radical (unpaired) electrons. The Kier molecular flexibility index (Phi) is 5.17. The van der Waals surface area contributed by atoms with Crippen molar-refractivity contribution in [3.05, 3.63) is 51.7 Å². The van der Waals surface area contributed by atoms with Gasteiger partial charge in [0.1, 0.15) is 16.4 Å². The third-order valence-electron chi connectivity index (χ3n) is 3.83. The van der Waals surface area contributed by atoms with E-state index in [9.17, 15) is 13.2 Å². The third-order valence-corrected chi connectivity index (χ3v) is 4.68. The minimum absolute atomic E-state index is 0.152. The minimum atomic E-state index is -4.42. The molecule has 0 saturated heterocycles. The van der Waals surface area contributed by atoms with Gasteiger partial charge in [-0.2, -0.15) is 13.2 Å². The number of alkyl halides is 3. The minimum Gasteiger partial charge on any atom is -0.459 e. The van der Waals surface area contributed by atoms with E-state index >= 15 is 0 Å². The zero-order valence-electron chi connectivity index (χ0n) is 14.1. The SMILES string of the molecule is CN=C(NCc1nc(C(F)(F)F)cs1)NCc1oc2ccccc2c1C. The van der Waals surface area contributed by atoms with Crippen molar-refractivity contribution >= 4 is 28.3 Å². The van der Waals surface area contributed by atoms with Crippen molar-refractivity contribution in [2.75, 3.05) is 7.05 Å². The maximum atomic E-state index is 12.6. The Morgan fingerprint density at radius 2 is 1.96 bits per heavy atom. The van der Waals surface area contributed by atoms with E-state index in [0.717, 1.165) is 39.0 Å². The molecule has 2 N–H and O–H groups in total. The molecule has 3 aromatic rings. The van der Waals surface area contributed by atoms with Crippen LogP contribution >= 0.6 is 11.3 Å². The first-order valence-corrected chi connectivity index (χ1v) is 8.69. The van der Waals surface area contributed by atoms with Crippen molar-refractivity contribution < 1.29 is 17.6 Å². The van der Waals surface area contributed by atoms with Gasteiger partial charge in [-0.1, -0.05) is 18.2 Å². The van der Waals surface area contributed by atoms with Gasteiger partial charge in [0, 0.05) is 23.4 Å². The molecule has 0 saturated carbocycles. The highest BCUT2D eigenvalue weighted by molar-refractivity contribution is 7.09. The standard InChI is InChI=1S/C17H17F3N4OS/c1-10-11-5-3-4-6-12(11)25-13(10)7-22-16(21-2)23-8-15-24-14(9-26-15)17(18,19)20/h3-6,9H,7-8H2,1-2H3,(H2,21,22,23). The van der Waals surface area contributed by atoms with E-state index in [1.54, 1.807) is 7.05 Å². The Morgan fingerprint density at radius 1 is 1.23 bits per heavy atom. The number of thiazole rings is 1. The van der Waals surface area contributed by atoms with Gasteiger partial charge in [-0.3, -0.25) is 4.99 Å². The van der Waals surface area contributed by atoms with Crippen LogP contribution in [0.3, 0.4) is 0 Å². The summed E-state index contributed by atoms with van der Waals surface area (Å²) in [4.78, 5) is 7.64. The highest BCUT2D eigenvalue weighted by Crippen LogP contribution is 2.30. The summed E-state index contributed by atoms with van der Waals surface area (Å²) in [6.07, 6.45) is -4.42. The molecule has 9 heteroatoms. The molecule has 2 aromatic heterocycles. The molecule has 0 amide bonds. The molecular weight excluding hydrogens is 365 g/mol. The van der Waals surface area contributed by atoms with Gasteiger partial charge >= 0.3 is 6.18 Å². The lowest BCUT2D eigenvalue weighted by Gasteiger charge is -2.10. The third kappa shape index (κ3) is 3.98. The average molecular weight is 382 g/mol. The number of nitrogens with one attached hydrogen (secondary N) is 2. The zero-order chi connectivity index (χ0) is 18.7.